The number of nitrogens with one attached hydrogen (secondary N) is 1. The molecule has 6 heteroatoms. The van der Waals surface area contributed by atoms with Gasteiger partial charge in [-0.1, -0.05) is 18.2 Å². The summed E-state index contributed by atoms with van der Waals surface area (Å²) in [6, 6.07) is 5.66. The molecule has 0 spiro atoms. The summed E-state index contributed by atoms with van der Waals surface area (Å²) in [5, 5.41) is 20.8. The van der Waals surface area contributed by atoms with E-state index in [-0.39, 0.29) is 12.2 Å². The maximum absolute atomic E-state index is 11.6. The van der Waals surface area contributed by atoms with E-state index in [1.807, 2.05) is 0 Å². The van der Waals surface area contributed by atoms with Gasteiger partial charge in [-0.2, -0.15) is 0 Å². The fourth-order valence-electron chi connectivity index (χ4n) is 1.56. The second-order valence-corrected chi connectivity index (χ2v) is 3.95. The van der Waals surface area contributed by atoms with Gasteiger partial charge in [0.15, 0.2) is 6.04 Å². The second kappa shape index (κ2) is 7.38. The van der Waals surface area contributed by atoms with Crippen molar-refractivity contribution in [2.45, 2.75) is 18.9 Å². The van der Waals surface area contributed by atoms with Crippen molar-refractivity contribution >= 4 is 11.9 Å². The van der Waals surface area contributed by atoms with Gasteiger partial charge in [0.2, 0.25) is 5.91 Å². The standard InChI is InChI=1S/C13H17NO5/c1-19-13(18)10(8-15)14-12(17)7-6-9-4-2-3-5-11(9)16/h2-5,10,15-16H,6-8H2,1H3,(H,14,17). The molecule has 0 bridgehead atoms. The van der Waals surface area contributed by atoms with Crippen LogP contribution in [-0.2, 0) is 20.7 Å². The molecule has 0 radical (unpaired) electrons. The number of rotatable bonds is 6. The van der Waals surface area contributed by atoms with Gasteiger partial charge >= 0.3 is 5.97 Å². The Morgan fingerprint density at radius 3 is 2.63 bits per heavy atom. The van der Waals surface area contributed by atoms with Gasteiger partial charge in [-0.3, -0.25) is 4.79 Å². The summed E-state index contributed by atoms with van der Waals surface area (Å²) in [6.45, 7) is -0.519. The molecule has 104 valence electrons. The van der Waals surface area contributed by atoms with E-state index in [0.29, 0.717) is 12.0 Å². The number of aromatic hydroxyl groups is 1. The number of hydrogen-bond acceptors (Lipinski definition) is 5. The first kappa shape index (κ1) is 15.0. The van der Waals surface area contributed by atoms with Crippen LogP contribution in [0.1, 0.15) is 12.0 Å². The first-order valence-corrected chi connectivity index (χ1v) is 5.83. The van der Waals surface area contributed by atoms with Crippen molar-refractivity contribution in [3.8, 4) is 5.75 Å². The number of phenolic OH excluding ortho intramolecular Hbond substituents is 1. The van der Waals surface area contributed by atoms with Crippen LogP contribution in [-0.4, -0.2) is 41.8 Å². The molecule has 1 amide bonds. The highest BCUT2D eigenvalue weighted by Gasteiger charge is 2.20. The van der Waals surface area contributed by atoms with Crippen LogP contribution in [0, 0.1) is 0 Å². The minimum absolute atomic E-state index is 0.102. The topological polar surface area (TPSA) is 95.9 Å². The molecule has 0 saturated heterocycles. The van der Waals surface area contributed by atoms with Gasteiger partial charge in [-0.05, 0) is 18.1 Å². The second-order valence-electron chi connectivity index (χ2n) is 3.95. The van der Waals surface area contributed by atoms with E-state index in [1.165, 1.54) is 13.2 Å². The molecule has 0 aliphatic heterocycles. The maximum Gasteiger partial charge on any atom is 0.330 e. The molecule has 1 aromatic rings. The molecule has 3 N–H and O–H groups in total. The quantitative estimate of drug-likeness (QED) is 0.629. The van der Waals surface area contributed by atoms with Gasteiger partial charge in [0.25, 0.3) is 0 Å². The molecular formula is C13H17NO5. The van der Waals surface area contributed by atoms with Gasteiger partial charge < -0.3 is 20.3 Å². The zero-order valence-corrected chi connectivity index (χ0v) is 10.6. The van der Waals surface area contributed by atoms with Gasteiger partial charge in [0.05, 0.1) is 13.7 Å². The highest BCUT2D eigenvalue weighted by atomic mass is 16.5. The molecule has 19 heavy (non-hydrogen) atoms. The number of esters is 1. The fourth-order valence-corrected chi connectivity index (χ4v) is 1.56. The average Bonchev–Trinajstić information content (AvgIpc) is 2.43. The molecule has 0 saturated carbocycles. The van der Waals surface area contributed by atoms with Crippen molar-refractivity contribution < 1.29 is 24.5 Å². The molecule has 0 heterocycles. The summed E-state index contributed by atoms with van der Waals surface area (Å²) >= 11 is 0. The van der Waals surface area contributed by atoms with E-state index in [9.17, 15) is 14.7 Å². The molecule has 6 nitrogen and oxygen atoms in total. The van der Waals surface area contributed by atoms with Crippen LogP contribution < -0.4 is 5.32 Å². The third kappa shape index (κ3) is 4.59. The summed E-state index contributed by atoms with van der Waals surface area (Å²) < 4.78 is 4.43. The molecule has 1 rings (SSSR count). The molecular weight excluding hydrogens is 250 g/mol. The lowest BCUT2D eigenvalue weighted by Gasteiger charge is -2.13. The summed E-state index contributed by atoms with van der Waals surface area (Å²) in [4.78, 5) is 22.8. The minimum Gasteiger partial charge on any atom is -0.508 e. The highest BCUT2D eigenvalue weighted by Crippen LogP contribution is 2.17. The number of hydrogen-bond donors (Lipinski definition) is 3. The first-order valence-electron chi connectivity index (χ1n) is 5.83. The third-order valence-electron chi connectivity index (χ3n) is 2.62. The first-order chi connectivity index (χ1) is 9.08. The fraction of sp³-hybridized carbons (Fsp3) is 0.385. The Balaban J connectivity index is 2.48. The number of aliphatic hydroxyl groups is 1. The van der Waals surface area contributed by atoms with Crippen LogP contribution in [0.25, 0.3) is 0 Å². The number of carbonyl (C=O) groups excluding carboxylic acids is 2. The van der Waals surface area contributed by atoms with E-state index < -0.39 is 24.5 Å². The Morgan fingerprint density at radius 2 is 2.05 bits per heavy atom. The third-order valence-corrected chi connectivity index (χ3v) is 2.62. The number of amides is 1. The Hall–Kier alpha value is -2.08. The van der Waals surface area contributed by atoms with Gasteiger partial charge in [0.1, 0.15) is 5.75 Å². The molecule has 1 unspecified atom stereocenters. The normalized spacial score (nSPS) is 11.7. The van der Waals surface area contributed by atoms with Crippen LogP contribution in [0.2, 0.25) is 0 Å². The Labute approximate surface area is 111 Å². The lowest BCUT2D eigenvalue weighted by Crippen LogP contribution is -2.44. The number of aryl methyl sites for hydroxylation is 1. The monoisotopic (exact) mass is 267 g/mol. The minimum atomic E-state index is -1.05. The van der Waals surface area contributed by atoms with Crippen LogP contribution in [0.4, 0.5) is 0 Å². The van der Waals surface area contributed by atoms with Crippen LogP contribution in [0.3, 0.4) is 0 Å². The van der Waals surface area contributed by atoms with Crippen molar-refractivity contribution in [3.05, 3.63) is 29.8 Å². The zero-order chi connectivity index (χ0) is 14.3. The lowest BCUT2D eigenvalue weighted by molar-refractivity contribution is -0.146. The molecule has 1 aromatic carbocycles. The van der Waals surface area contributed by atoms with E-state index in [4.69, 9.17) is 5.11 Å². The van der Waals surface area contributed by atoms with Crippen molar-refractivity contribution in [2.75, 3.05) is 13.7 Å². The average molecular weight is 267 g/mol. The molecule has 0 aliphatic rings. The summed E-state index contributed by atoms with van der Waals surface area (Å²) in [5.74, 6) is -0.965. The van der Waals surface area contributed by atoms with E-state index in [1.54, 1.807) is 18.2 Å². The Kier molecular flexibility index (Phi) is 5.81. The van der Waals surface area contributed by atoms with Crippen molar-refractivity contribution in [2.24, 2.45) is 0 Å². The lowest BCUT2D eigenvalue weighted by atomic mass is 10.1. The number of ether oxygens (including phenoxy) is 1. The molecule has 0 aliphatic carbocycles. The predicted molar refractivity (Wildman–Crippen MR) is 67.5 cm³/mol. The number of para-hydroxylation sites is 1. The number of benzene rings is 1. The maximum atomic E-state index is 11.6. The number of aliphatic hydroxyl groups excluding tert-OH is 1. The largest absolute Gasteiger partial charge is 0.508 e. The van der Waals surface area contributed by atoms with Crippen molar-refractivity contribution in [3.63, 3.8) is 0 Å². The molecule has 0 fully saturated rings. The summed E-state index contributed by atoms with van der Waals surface area (Å²) in [5.41, 5.74) is 0.649. The Morgan fingerprint density at radius 1 is 1.37 bits per heavy atom. The molecule has 0 aromatic heterocycles. The highest BCUT2D eigenvalue weighted by molar-refractivity contribution is 5.84. The number of methoxy groups -OCH3 is 1. The number of carbonyl (C=O) groups is 2. The van der Waals surface area contributed by atoms with E-state index >= 15 is 0 Å². The van der Waals surface area contributed by atoms with Gasteiger partial charge in [-0.25, -0.2) is 4.79 Å². The smallest absolute Gasteiger partial charge is 0.330 e. The van der Waals surface area contributed by atoms with Crippen LogP contribution in [0.15, 0.2) is 24.3 Å². The SMILES string of the molecule is COC(=O)C(CO)NC(=O)CCc1ccccc1O. The summed E-state index contributed by atoms with van der Waals surface area (Å²) in [7, 11) is 1.18. The van der Waals surface area contributed by atoms with Gasteiger partial charge in [0, 0.05) is 6.42 Å². The predicted octanol–water partition coefficient (Wildman–Crippen LogP) is -0.0251. The van der Waals surface area contributed by atoms with Crippen LogP contribution in [0.5, 0.6) is 5.75 Å². The number of phenols is 1. The van der Waals surface area contributed by atoms with Crippen molar-refractivity contribution in [1.29, 1.82) is 0 Å². The summed E-state index contributed by atoms with van der Waals surface area (Å²) in [6.07, 6.45) is 0.447. The zero-order valence-electron chi connectivity index (χ0n) is 10.6. The van der Waals surface area contributed by atoms with E-state index in [2.05, 4.69) is 10.1 Å². The van der Waals surface area contributed by atoms with Gasteiger partial charge in [-0.15, -0.1) is 0 Å². The van der Waals surface area contributed by atoms with Crippen LogP contribution >= 0.6 is 0 Å². The van der Waals surface area contributed by atoms with E-state index in [0.717, 1.165) is 0 Å². The van der Waals surface area contributed by atoms with Crippen molar-refractivity contribution in [1.82, 2.24) is 5.32 Å². The Bertz CT molecular complexity index is 446. The molecule has 1 atom stereocenters.